The van der Waals surface area contributed by atoms with Crippen molar-refractivity contribution in [3.05, 3.63) is 40.9 Å². The van der Waals surface area contributed by atoms with Gasteiger partial charge in [0.05, 0.1) is 5.02 Å². The summed E-state index contributed by atoms with van der Waals surface area (Å²) in [6.45, 7) is 5.23. The lowest BCUT2D eigenvalue weighted by Gasteiger charge is -2.14. The molecular weight excluding hydrogens is 288 g/mol. The molecular formula is C15H21ClN4O. The Labute approximate surface area is 130 Å². The lowest BCUT2D eigenvalue weighted by molar-refractivity contribution is 0.283. The Bertz CT molecular complexity index is 583. The van der Waals surface area contributed by atoms with E-state index in [0.717, 1.165) is 30.8 Å². The molecule has 2 rings (SSSR count). The molecule has 0 aliphatic rings. The minimum absolute atomic E-state index is 0.0505. The number of hydrogen-bond acceptors (Lipinski definition) is 4. The van der Waals surface area contributed by atoms with Crippen LogP contribution in [0.3, 0.4) is 0 Å². The second-order valence-corrected chi connectivity index (χ2v) is 5.50. The van der Waals surface area contributed by atoms with E-state index in [9.17, 15) is 0 Å². The topological polar surface area (TPSA) is 66.0 Å². The Morgan fingerprint density at radius 3 is 2.95 bits per heavy atom. The number of para-hydroxylation sites is 1. The van der Waals surface area contributed by atoms with Crippen molar-refractivity contribution in [2.75, 3.05) is 0 Å². The molecule has 0 fully saturated rings. The molecule has 0 aliphatic carbocycles. The van der Waals surface area contributed by atoms with E-state index in [-0.39, 0.29) is 6.04 Å². The fourth-order valence-electron chi connectivity index (χ4n) is 2.16. The van der Waals surface area contributed by atoms with Crippen LogP contribution in [0.5, 0.6) is 5.75 Å². The molecule has 21 heavy (non-hydrogen) atoms. The van der Waals surface area contributed by atoms with Crippen LogP contribution in [0, 0.1) is 0 Å². The van der Waals surface area contributed by atoms with Gasteiger partial charge >= 0.3 is 0 Å². The number of ether oxygens (including phenoxy) is 1. The molecule has 114 valence electrons. The Morgan fingerprint density at radius 1 is 1.43 bits per heavy atom. The summed E-state index contributed by atoms with van der Waals surface area (Å²) in [5.74, 6) is 1.48. The van der Waals surface area contributed by atoms with Gasteiger partial charge in [-0.2, -0.15) is 5.10 Å². The van der Waals surface area contributed by atoms with Crippen LogP contribution < -0.4 is 10.5 Å². The van der Waals surface area contributed by atoms with E-state index >= 15 is 0 Å². The third kappa shape index (κ3) is 4.19. The number of hydrogen-bond donors (Lipinski definition) is 1. The number of benzene rings is 1. The van der Waals surface area contributed by atoms with Crippen LogP contribution in [-0.2, 0) is 19.6 Å². The number of halogens is 1. The average Bonchev–Trinajstić information content (AvgIpc) is 2.85. The summed E-state index contributed by atoms with van der Waals surface area (Å²) in [5, 5.41) is 4.78. The largest absolute Gasteiger partial charge is 0.484 e. The monoisotopic (exact) mass is 308 g/mol. The third-order valence-electron chi connectivity index (χ3n) is 3.07. The fourth-order valence-corrected chi connectivity index (χ4v) is 2.41. The maximum absolute atomic E-state index is 6.25. The molecule has 2 N–H and O–H groups in total. The maximum Gasteiger partial charge on any atom is 0.164 e. The molecule has 0 saturated carbocycles. The van der Waals surface area contributed by atoms with Crippen molar-refractivity contribution in [2.24, 2.45) is 5.73 Å². The Hall–Kier alpha value is -1.59. The minimum Gasteiger partial charge on any atom is -0.484 e. The normalized spacial score (nSPS) is 12.4. The highest BCUT2D eigenvalue weighted by Crippen LogP contribution is 2.30. The molecule has 6 heteroatoms. The molecule has 0 radical (unpaired) electrons. The van der Waals surface area contributed by atoms with Crippen molar-refractivity contribution < 1.29 is 4.74 Å². The van der Waals surface area contributed by atoms with Gasteiger partial charge in [-0.05, 0) is 31.4 Å². The van der Waals surface area contributed by atoms with Gasteiger partial charge in [-0.3, -0.25) is 0 Å². The van der Waals surface area contributed by atoms with Crippen molar-refractivity contribution in [2.45, 2.75) is 45.9 Å². The molecule has 0 amide bonds. The van der Waals surface area contributed by atoms with Crippen molar-refractivity contribution in [1.82, 2.24) is 14.8 Å². The van der Waals surface area contributed by atoms with E-state index in [1.807, 2.05) is 29.8 Å². The summed E-state index contributed by atoms with van der Waals surface area (Å²) in [7, 11) is 0. The summed E-state index contributed by atoms with van der Waals surface area (Å²) >= 11 is 6.25. The van der Waals surface area contributed by atoms with Crippen LogP contribution in [0.4, 0.5) is 0 Å². The molecule has 5 nitrogen and oxygen atoms in total. The Morgan fingerprint density at radius 2 is 2.24 bits per heavy atom. The van der Waals surface area contributed by atoms with Gasteiger partial charge in [0.15, 0.2) is 5.82 Å². The molecule has 1 aromatic carbocycles. The highest BCUT2D eigenvalue weighted by atomic mass is 35.5. The first kappa shape index (κ1) is 15.8. The van der Waals surface area contributed by atoms with Crippen molar-refractivity contribution >= 4 is 11.6 Å². The van der Waals surface area contributed by atoms with E-state index in [2.05, 4.69) is 17.0 Å². The first-order valence-corrected chi connectivity index (χ1v) is 7.52. The molecule has 1 aromatic heterocycles. The predicted octanol–water partition coefficient (Wildman–Crippen LogP) is 2.81. The second-order valence-electron chi connectivity index (χ2n) is 5.10. The fraction of sp³-hybridized carbons (Fsp3) is 0.467. The van der Waals surface area contributed by atoms with Gasteiger partial charge in [0.2, 0.25) is 0 Å². The van der Waals surface area contributed by atoms with Gasteiger partial charge in [-0.15, -0.1) is 0 Å². The second kappa shape index (κ2) is 7.43. The van der Waals surface area contributed by atoms with Crippen LogP contribution in [0.25, 0.3) is 0 Å². The Balaban J connectivity index is 2.13. The zero-order valence-corrected chi connectivity index (χ0v) is 13.2. The first-order valence-electron chi connectivity index (χ1n) is 7.14. The quantitative estimate of drug-likeness (QED) is 0.854. The number of rotatable bonds is 7. The lowest BCUT2D eigenvalue weighted by Crippen LogP contribution is -2.18. The van der Waals surface area contributed by atoms with Crippen LogP contribution in [0.2, 0.25) is 5.02 Å². The summed E-state index contributed by atoms with van der Waals surface area (Å²) in [4.78, 5) is 4.23. The first-order chi connectivity index (χ1) is 10.1. The van der Waals surface area contributed by atoms with Gasteiger partial charge in [0.1, 0.15) is 18.7 Å². The number of nitrogens with two attached hydrogens (primary N) is 1. The maximum atomic E-state index is 6.25. The molecule has 1 atom stereocenters. The summed E-state index contributed by atoms with van der Waals surface area (Å²) in [6.07, 6.45) is 3.26. The van der Waals surface area contributed by atoms with Crippen molar-refractivity contribution in [1.29, 1.82) is 0 Å². The molecule has 0 spiro atoms. The van der Waals surface area contributed by atoms with Gasteiger partial charge in [-0.1, -0.05) is 30.7 Å². The van der Waals surface area contributed by atoms with E-state index in [1.165, 1.54) is 0 Å². The van der Waals surface area contributed by atoms with Crippen LogP contribution in [0.15, 0.2) is 24.5 Å². The number of nitrogens with zero attached hydrogens (tertiary/aromatic N) is 3. The standard InChI is InChI=1S/C15H21ClN4O/c1-3-7-20-14(18-10-19-20)9-21-15-12(8-11(2)17)5-4-6-13(15)16/h4-6,10-11H,3,7-9,17H2,1-2H3. The zero-order chi connectivity index (χ0) is 15.2. The predicted molar refractivity (Wildman–Crippen MR) is 83.5 cm³/mol. The number of aryl methyl sites for hydroxylation is 1. The lowest BCUT2D eigenvalue weighted by atomic mass is 10.1. The van der Waals surface area contributed by atoms with E-state index in [1.54, 1.807) is 6.33 Å². The van der Waals surface area contributed by atoms with Gasteiger partial charge < -0.3 is 10.5 Å². The van der Waals surface area contributed by atoms with Gasteiger partial charge in [-0.25, -0.2) is 9.67 Å². The van der Waals surface area contributed by atoms with Crippen molar-refractivity contribution in [3.8, 4) is 5.75 Å². The van der Waals surface area contributed by atoms with Gasteiger partial charge in [0.25, 0.3) is 0 Å². The molecule has 1 unspecified atom stereocenters. The molecule has 2 aromatic rings. The van der Waals surface area contributed by atoms with Crippen LogP contribution in [0.1, 0.15) is 31.7 Å². The summed E-state index contributed by atoms with van der Waals surface area (Å²) in [5.41, 5.74) is 6.89. The van der Waals surface area contributed by atoms with Crippen LogP contribution in [-0.4, -0.2) is 20.8 Å². The average molecular weight is 309 g/mol. The summed E-state index contributed by atoms with van der Waals surface area (Å²) in [6, 6.07) is 5.76. The molecule has 0 bridgehead atoms. The Kier molecular flexibility index (Phi) is 5.59. The highest BCUT2D eigenvalue weighted by Gasteiger charge is 2.12. The van der Waals surface area contributed by atoms with Gasteiger partial charge in [0, 0.05) is 12.6 Å². The van der Waals surface area contributed by atoms with Crippen LogP contribution >= 0.6 is 11.6 Å². The zero-order valence-electron chi connectivity index (χ0n) is 12.4. The molecule has 0 aliphatic heterocycles. The van der Waals surface area contributed by atoms with E-state index < -0.39 is 0 Å². The third-order valence-corrected chi connectivity index (χ3v) is 3.36. The van der Waals surface area contributed by atoms with E-state index in [0.29, 0.717) is 17.4 Å². The summed E-state index contributed by atoms with van der Waals surface area (Å²) < 4.78 is 7.74. The minimum atomic E-state index is 0.0505. The molecule has 0 saturated heterocycles. The van der Waals surface area contributed by atoms with E-state index in [4.69, 9.17) is 22.1 Å². The highest BCUT2D eigenvalue weighted by molar-refractivity contribution is 6.32. The smallest absolute Gasteiger partial charge is 0.164 e. The SMILES string of the molecule is CCCn1ncnc1COc1c(Cl)cccc1CC(C)N. The van der Waals surface area contributed by atoms with Crippen molar-refractivity contribution in [3.63, 3.8) is 0 Å². The number of aromatic nitrogens is 3. The molecule has 1 heterocycles.